The first-order valence-electron chi connectivity index (χ1n) is 10.4. The van der Waals surface area contributed by atoms with Crippen LogP contribution in [0.1, 0.15) is 47.0 Å². The predicted molar refractivity (Wildman–Crippen MR) is 109 cm³/mol. The molecule has 0 aliphatic heterocycles. The van der Waals surface area contributed by atoms with E-state index in [1.165, 1.54) is 0 Å². The molecule has 7 nitrogen and oxygen atoms in total. The van der Waals surface area contributed by atoms with Gasteiger partial charge in [-0.3, -0.25) is 9.59 Å². The molecule has 0 atom stereocenters. The Morgan fingerprint density at radius 2 is 1.18 bits per heavy atom. The van der Waals surface area contributed by atoms with Crippen molar-refractivity contribution in [3.63, 3.8) is 0 Å². The van der Waals surface area contributed by atoms with Gasteiger partial charge >= 0.3 is 0 Å². The Hall–Kier alpha value is -1.02. The lowest BCUT2D eigenvalue weighted by Gasteiger charge is -2.17. The zero-order chi connectivity index (χ0) is 21.2. The van der Waals surface area contributed by atoms with E-state index in [0.717, 1.165) is 6.42 Å². The highest BCUT2D eigenvalue weighted by atomic mass is 16.6. The largest absolute Gasteiger partial charge is 0.379 e. The number of nitrogens with zero attached hydrogens (tertiary/aromatic N) is 1. The molecule has 0 radical (unpaired) electrons. The quantitative estimate of drug-likeness (QED) is 0.309. The fourth-order valence-electron chi connectivity index (χ4n) is 2.15. The lowest BCUT2D eigenvalue weighted by molar-refractivity contribution is -0.131. The van der Waals surface area contributed by atoms with Crippen LogP contribution >= 0.6 is 0 Å². The molecular formula is C21H41NO6. The molecule has 0 aliphatic rings. The molecule has 0 rings (SSSR count). The van der Waals surface area contributed by atoms with Crippen molar-refractivity contribution in [3.05, 3.63) is 0 Å². The number of likely N-dealkylation sites (N-methyl/N-ethyl adjacent to an activating group) is 1. The fraction of sp³-hybridized carbons (Fsp3) is 0.905. The molecule has 28 heavy (non-hydrogen) atoms. The van der Waals surface area contributed by atoms with Crippen molar-refractivity contribution >= 4 is 11.7 Å². The highest BCUT2D eigenvalue weighted by Crippen LogP contribution is 2.05. The third-order valence-electron chi connectivity index (χ3n) is 4.19. The number of carbonyl (C=O) groups is 2. The third-order valence-corrected chi connectivity index (χ3v) is 4.19. The average Bonchev–Trinajstić information content (AvgIpc) is 2.65. The van der Waals surface area contributed by atoms with Gasteiger partial charge in [-0.05, 0) is 12.3 Å². The van der Waals surface area contributed by atoms with Crippen molar-refractivity contribution in [2.45, 2.75) is 47.0 Å². The fourth-order valence-corrected chi connectivity index (χ4v) is 2.15. The van der Waals surface area contributed by atoms with Crippen LogP contribution < -0.4 is 0 Å². The van der Waals surface area contributed by atoms with Crippen LogP contribution in [0.15, 0.2) is 0 Å². The molecule has 166 valence electrons. The Bertz CT molecular complexity index is 400. The molecule has 1 amide bonds. The standard InChI is InChI=1S/C21H41NO6/c1-18(2)6-7-21(24)22(5)9-11-26-13-15-28-17-16-27-14-12-25-10-8-20(23)19(3)4/h18-19H,6-17H2,1-5H3. The van der Waals surface area contributed by atoms with Crippen LogP contribution in [0.3, 0.4) is 0 Å². The summed E-state index contributed by atoms with van der Waals surface area (Å²) in [5, 5.41) is 0. The van der Waals surface area contributed by atoms with E-state index in [0.29, 0.717) is 78.2 Å². The van der Waals surface area contributed by atoms with Crippen molar-refractivity contribution in [2.24, 2.45) is 11.8 Å². The zero-order valence-electron chi connectivity index (χ0n) is 18.5. The number of hydrogen-bond acceptors (Lipinski definition) is 6. The zero-order valence-corrected chi connectivity index (χ0v) is 18.5. The Morgan fingerprint density at radius 1 is 0.714 bits per heavy atom. The van der Waals surface area contributed by atoms with Gasteiger partial charge in [0, 0.05) is 32.4 Å². The Morgan fingerprint density at radius 3 is 1.64 bits per heavy atom. The van der Waals surface area contributed by atoms with Crippen molar-refractivity contribution < 1.29 is 28.5 Å². The average molecular weight is 404 g/mol. The second-order valence-electron chi connectivity index (χ2n) is 7.57. The maximum Gasteiger partial charge on any atom is 0.222 e. The maximum absolute atomic E-state index is 11.9. The third kappa shape index (κ3) is 17.1. The highest BCUT2D eigenvalue weighted by molar-refractivity contribution is 5.80. The molecule has 0 aromatic rings. The van der Waals surface area contributed by atoms with Gasteiger partial charge < -0.3 is 23.8 Å². The van der Waals surface area contributed by atoms with Crippen molar-refractivity contribution in [3.8, 4) is 0 Å². The van der Waals surface area contributed by atoms with E-state index >= 15 is 0 Å². The number of ether oxygens (including phenoxy) is 4. The van der Waals surface area contributed by atoms with Gasteiger partial charge in [0.05, 0.1) is 52.9 Å². The lowest BCUT2D eigenvalue weighted by atomic mass is 10.1. The summed E-state index contributed by atoms with van der Waals surface area (Å²) in [5.74, 6) is 1.00. The van der Waals surface area contributed by atoms with Gasteiger partial charge in [0.2, 0.25) is 5.91 Å². The SMILES string of the molecule is CC(C)CCC(=O)N(C)CCOCCOCCOCCOCCC(=O)C(C)C. The summed E-state index contributed by atoms with van der Waals surface area (Å²) in [6.45, 7) is 12.6. The van der Waals surface area contributed by atoms with Gasteiger partial charge in [0.1, 0.15) is 5.78 Å². The first-order valence-corrected chi connectivity index (χ1v) is 10.4. The van der Waals surface area contributed by atoms with Crippen molar-refractivity contribution in [1.82, 2.24) is 4.90 Å². The van der Waals surface area contributed by atoms with E-state index in [1.54, 1.807) is 4.90 Å². The summed E-state index contributed by atoms with van der Waals surface area (Å²) in [5.41, 5.74) is 0. The Balaban J connectivity index is 3.29. The molecule has 0 aromatic heterocycles. The van der Waals surface area contributed by atoms with Crippen LogP contribution in [0.25, 0.3) is 0 Å². The van der Waals surface area contributed by atoms with E-state index in [-0.39, 0.29) is 17.6 Å². The highest BCUT2D eigenvalue weighted by Gasteiger charge is 2.09. The molecule has 7 heteroatoms. The summed E-state index contributed by atoms with van der Waals surface area (Å²) in [4.78, 5) is 25.0. The van der Waals surface area contributed by atoms with Gasteiger partial charge in [-0.2, -0.15) is 0 Å². The van der Waals surface area contributed by atoms with E-state index in [1.807, 2.05) is 20.9 Å². The topological polar surface area (TPSA) is 74.3 Å². The van der Waals surface area contributed by atoms with E-state index < -0.39 is 0 Å². The van der Waals surface area contributed by atoms with Crippen LogP contribution in [-0.4, -0.2) is 83.0 Å². The smallest absolute Gasteiger partial charge is 0.222 e. The van der Waals surface area contributed by atoms with Crippen molar-refractivity contribution in [1.29, 1.82) is 0 Å². The molecule has 0 saturated heterocycles. The first kappa shape index (κ1) is 27.0. The number of rotatable bonds is 19. The number of Topliss-reactive ketones (excluding diaryl/α,β-unsaturated/α-hetero) is 1. The molecule has 0 unspecified atom stereocenters. The molecule has 0 heterocycles. The monoisotopic (exact) mass is 403 g/mol. The second kappa shape index (κ2) is 18.0. The number of hydrogen-bond donors (Lipinski definition) is 0. The molecule has 0 spiro atoms. The lowest BCUT2D eigenvalue weighted by Crippen LogP contribution is -2.30. The predicted octanol–water partition coefficient (Wildman–Crippen LogP) is 2.56. The van der Waals surface area contributed by atoms with Crippen LogP contribution in [0, 0.1) is 11.8 Å². The minimum atomic E-state index is 0.0686. The van der Waals surface area contributed by atoms with Gasteiger partial charge in [-0.25, -0.2) is 0 Å². The molecule has 0 bridgehead atoms. The normalized spacial score (nSPS) is 11.4. The molecule has 0 saturated carbocycles. The van der Waals surface area contributed by atoms with Gasteiger partial charge in [-0.15, -0.1) is 0 Å². The van der Waals surface area contributed by atoms with Crippen LogP contribution in [0.2, 0.25) is 0 Å². The first-order chi connectivity index (χ1) is 13.3. The summed E-state index contributed by atoms with van der Waals surface area (Å²) in [7, 11) is 1.81. The number of ketones is 1. The van der Waals surface area contributed by atoms with Crippen LogP contribution in [-0.2, 0) is 28.5 Å². The Labute approximate surface area is 171 Å². The minimum absolute atomic E-state index is 0.0686. The summed E-state index contributed by atoms with van der Waals surface area (Å²) in [6, 6.07) is 0. The summed E-state index contributed by atoms with van der Waals surface area (Å²) < 4.78 is 21.7. The van der Waals surface area contributed by atoms with Gasteiger partial charge in [0.15, 0.2) is 0 Å². The van der Waals surface area contributed by atoms with Gasteiger partial charge in [0.25, 0.3) is 0 Å². The van der Waals surface area contributed by atoms with E-state index in [4.69, 9.17) is 18.9 Å². The van der Waals surface area contributed by atoms with Gasteiger partial charge in [-0.1, -0.05) is 27.7 Å². The van der Waals surface area contributed by atoms with Crippen molar-refractivity contribution in [2.75, 3.05) is 66.4 Å². The number of amides is 1. The summed E-state index contributed by atoms with van der Waals surface area (Å²) in [6.07, 6.45) is 1.98. The maximum atomic E-state index is 11.9. The molecular weight excluding hydrogens is 362 g/mol. The molecule has 0 aliphatic carbocycles. The van der Waals surface area contributed by atoms with Crippen LogP contribution in [0.4, 0.5) is 0 Å². The molecule has 0 aromatic carbocycles. The second-order valence-corrected chi connectivity index (χ2v) is 7.57. The minimum Gasteiger partial charge on any atom is -0.379 e. The van der Waals surface area contributed by atoms with E-state index in [9.17, 15) is 9.59 Å². The molecule has 0 N–H and O–H groups in total. The summed E-state index contributed by atoms with van der Waals surface area (Å²) >= 11 is 0. The number of carbonyl (C=O) groups excluding carboxylic acids is 2. The molecule has 0 fully saturated rings. The van der Waals surface area contributed by atoms with Crippen LogP contribution in [0.5, 0.6) is 0 Å². The Kier molecular flexibility index (Phi) is 17.4. The van der Waals surface area contributed by atoms with E-state index in [2.05, 4.69) is 13.8 Å².